The summed E-state index contributed by atoms with van der Waals surface area (Å²) in [5.41, 5.74) is 2.06. The molecule has 0 aliphatic carbocycles. The second-order valence-corrected chi connectivity index (χ2v) is 7.39. The number of nitrogens with zero attached hydrogens (tertiary/aromatic N) is 5. The fraction of sp³-hybridized carbons (Fsp3) is 0.500. The van der Waals surface area contributed by atoms with E-state index in [2.05, 4.69) is 39.1 Å². The molecule has 0 radical (unpaired) electrons. The van der Waals surface area contributed by atoms with Crippen LogP contribution in [0.15, 0.2) is 18.6 Å². The third-order valence-corrected chi connectivity index (χ3v) is 4.44. The predicted molar refractivity (Wildman–Crippen MR) is 98.7 cm³/mol. The maximum Gasteiger partial charge on any atom is 0.318 e. The third kappa shape index (κ3) is 4.46. The largest absolute Gasteiger partial charge is 0.328 e. The quantitative estimate of drug-likeness (QED) is 0.889. The maximum absolute atomic E-state index is 12.6. The number of rotatable bonds is 4. The lowest BCUT2D eigenvalue weighted by Crippen LogP contribution is -2.44. The monoisotopic (exact) mass is 374 g/mol. The van der Waals surface area contributed by atoms with E-state index in [1.165, 1.54) is 12.4 Å². The molecule has 0 spiro atoms. The maximum atomic E-state index is 12.6. The van der Waals surface area contributed by atoms with Gasteiger partial charge in [-0.15, -0.1) is 0 Å². The standard InChI is InChI=1S/C18H23ClN6O/c1-11(2)6-16-20-7-13-4-5-25(10-15(13)24-16)18(26)23-12(3)17-21-8-14(19)9-22-17/h7-9,11-12H,4-6,10H2,1-3H3,(H,23,26). The molecule has 0 fully saturated rings. The van der Waals surface area contributed by atoms with Crippen molar-refractivity contribution in [1.29, 1.82) is 0 Å². The van der Waals surface area contributed by atoms with Gasteiger partial charge >= 0.3 is 6.03 Å². The van der Waals surface area contributed by atoms with E-state index in [1.807, 2.05) is 13.1 Å². The van der Waals surface area contributed by atoms with Crippen molar-refractivity contribution >= 4 is 17.6 Å². The van der Waals surface area contributed by atoms with Crippen LogP contribution in [0.2, 0.25) is 5.02 Å². The van der Waals surface area contributed by atoms with Gasteiger partial charge in [-0.1, -0.05) is 25.4 Å². The van der Waals surface area contributed by atoms with E-state index in [4.69, 9.17) is 11.6 Å². The summed E-state index contributed by atoms with van der Waals surface area (Å²) in [7, 11) is 0. The summed E-state index contributed by atoms with van der Waals surface area (Å²) < 4.78 is 0. The smallest absolute Gasteiger partial charge is 0.318 e. The minimum Gasteiger partial charge on any atom is -0.328 e. The highest BCUT2D eigenvalue weighted by molar-refractivity contribution is 6.30. The number of nitrogens with one attached hydrogen (secondary N) is 1. The molecule has 1 aliphatic rings. The van der Waals surface area contributed by atoms with Gasteiger partial charge in [0.25, 0.3) is 0 Å². The van der Waals surface area contributed by atoms with Gasteiger partial charge in [-0.2, -0.15) is 0 Å². The molecule has 0 aromatic carbocycles. The molecule has 2 aromatic heterocycles. The predicted octanol–water partition coefficient (Wildman–Crippen LogP) is 2.95. The molecule has 0 saturated heterocycles. The van der Waals surface area contributed by atoms with E-state index in [0.717, 1.165) is 29.9 Å². The first-order valence-electron chi connectivity index (χ1n) is 8.79. The van der Waals surface area contributed by atoms with Crippen LogP contribution in [0.1, 0.15) is 49.7 Å². The van der Waals surface area contributed by atoms with Crippen LogP contribution in [0.3, 0.4) is 0 Å². The number of halogens is 1. The number of urea groups is 1. The van der Waals surface area contributed by atoms with Gasteiger partial charge in [0.1, 0.15) is 11.6 Å². The van der Waals surface area contributed by atoms with E-state index in [1.54, 1.807) is 4.90 Å². The summed E-state index contributed by atoms with van der Waals surface area (Å²) >= 11 is 5.80. The van der Waals surface area contributed by atoms with E-state index >= 15 is 0 Å². The lowest BCUT2D eigenvalue weighted by molar-refractivity contribution is 0.187. The van der Waals surface area contributed by atoms with Crippen LogP contribution in [-0.4, -0.2) is 37.4 Å². The Hall–Kier alpha value is -2.28. The van der Waals surface area contributed by atoms with Crippen molar-refractivity contribution in [2.24, 2.45) is 5.92 Å². The zero-order valence-electron chi connectivity index (χ0n) is 15.2. The molecule has 1 atom stereocenters. The minimum atomic E-state index is -0.303. The van der Waals surface area contributed by atoms with E-state index in [-0.39, 0.29) is 12.1 Å². The Bertz CT molecular complexity index is 780. The average molecular weight is 375 g/mol. The van der Waals surface area contributed by atoms with Crippen LogP contribution in [0, 0.1) is 5.92 Å². The van der Waals surface area contributed by atoms with Crippen molar-refractivity contribution in [2.45, 2.75) is 46.2 Å². The summed E-state index contributed by atoms with van der Waals surface area (Å²) in [6.45, 7) is 7.26. The molecule has 8 heteroatoms. The number of hydrogen-bond acceptors (Lipinski definition) is 5. The van der Waals surface area contributed by atoms with E-state index < -0.39 is 0 Å². The van der Waals surface area contributed by atoms with Crippen molar-refractivity contribution in [3.8, 4) is 0 Å². The molecule has 1 unspecified atom stereocenters. The topological polar surface area (TPSA) is 83.9 Å². The lowest BCUT2D eigenvalue weighted by atomic mass is 10.1. The Kier molecular flexibility index (Phi) is 5.66. The molecular formula is C18H23ClN6O. The van der Waals surface area contributed by atoms with Crippen LogP contribution >= 0.6 is 11.6 Å². The molecule has 3 heterocycles. The summed E-state index contributed by atoms with van der Waals surface area (Å²) in [5.74, 6) is 1.86. The third-order valence-electron chi connectivity index (χ3n) is 4.24. The first-order chi connectivity index (χ1) is 12.4. The molecule has 0 bridgehead atoms. The van der Waals surface area contributed by atoms with Crippen LogP contribution < -0.4 is 5.32 Å². The highest BCUT2D eigenvalue weighted by atomic mass is 35.5. The lowest BCUT2D eigenvalue weighted by Gasteiger charge is -2.29. The summed E-state index contributed by atoms with van der Waals surface area (Å²) in [6.07, 6.45) is 6.55. The molecule has 7 nitrogen and oxygen atoms in total. The van der Waals surface area contributed by atoms with Gasteiger partial charge in [0, 0.05) is 31.6 Å². The van der Waals surface area contributed by atoms with Crippen molar-refractivity contribution < 1.29 is 4.79 Å². The average Bonchev–Trinajstić information content (AvgIpc) is 2.61. The van der Waals surface area contributed by atoms with Crippen LogP contribution in [0.5, 0.6) is 0 Å². The summed E-state index contributed by atoms with van der Waals surface area (Å²) in [4.78, 5) is 31.8. The highest BCUT2D eigenvalue weighted by Gasteiger charge is 2.24. The van der Waals surface area contributed by atoms with Crippen LogP contribution in [0.4, 0.5) is 4.79 Å². The zero-order chi connectivity index (χ0) is 18.7. The van der Waals surface area contributed by atoms with Gasteiger partial charge in [0.15, 0.2) is 0 Å². The van der Waals surface area contributed by atoms with Gasteiger partial charge in [0.2, 0.25) is 0 Å². The van der Waals surface area contributed by atoms with Crippen LogP contribution in [0.25, 0.3) is 0 Å². The fourth-order valence-electron chi connectivity index (χ4n) is 2.87. The number of hydrogen-bond donors (Lipinski definition) is 1. The van der Waals surface area contributed by atoms with E-state index in [0.29, 0.717) is 29.9 Å². The Morgan fingerprint density at radius 2 is 1.96 bits per heavy atom. The molecule has 138 valence electrons. The van der Waals surface area contributed by atoms with Gasteiger partial charge < -0.3 is 10.2 Å². The minimum absolute atomic E-state index is 0.147. The second-order valence-electron chi connectivity index (χ2n) is 6.96. The van der Waals surface area contributed by atoms with Crippen molar-refractivity contribution in [3.63, 3.8) is 0 Å². The molecule has 2 aromatic rings. The number of carbonyl (C=O) groups is 1. The van der Waals surface area contributed by atoms with Crippen molar-refractivity contribution in [3.05, 3.63) is 46.5 Å². The van der Waals surface area contributed by atoms with Gasteiger partial charge in [-0.3, -0.25) is 0 Å². The van der Waals surface area contributed by atoms with Crippen LogP contribution in [-0.2, 0) is 19.4 Å². The molecule has 3 rings (SSSR count). The number of aromatic nitrogens is 4. The molecule has 26 heavy (non-hydrogen) atoms. The zero-order valence-corrected chi connectivity index (χ0v) is 16.0. The van der Waals surface area contributed by atoms with Crippen molar-refractivity contribution in [1.82, 2.24) is 30.2 Å². The Morgan fingerprint density at radius 1 is 1.23 bits per heavy atom. The molecule has 1 aliphatic heterocycles. The van der Waals surface area contributed by atoms with Gasteiger partial charge in [-0.05, 0) is 24.8 Å². The fourth-order valence-corrected chi connectivity index (χ4v) is 2.97. The first kappa shape index (κ1) is 18.5. The van der Waals surface area contributed by atoms with Gasteiger partial charge in [-0.25, -0.2) is 24.7 Å². The second kappa shape index (κ2) is 7.95. The van der Waals surface area contributed by atoms with Gasteiger partial charge in [0.05, 0.1) is 23.3 Å². The van der Waals surface area contributed by atoms with E-state index in [9.17, 15) is 4.79 Å². The van der Waals surface area contributed by atoms with Crippen molar-refractivity contribution in [2.75, 3.05) is 6.54 Å². The highest BCUT2D eigenvalue weighted by Crippen LogP contribution is 2.18. The number of amides is 2. The molecule has 0 saturated carbocycles. The summed E-state index contributed by atoms with van der Waals surface area (Å²) in [6, 6.07) is -0.450. The summed E-state index contributed by atoms with van der Waals surface area (Å²) in [5, 5.41) is 3.41. The number of carbonyl (C=O) groups excluding carboxylic acids is 1. The Labute approximate surface area is 158 Å². The Morgan fingerprint density at radius 3 is 2.65 bits per heavy atom. The SMILES string of the molecule is CC(C)Cc1ncc2c(n1)CN(C(=O)NC(C)c1ncc(Cl)cn1)CC2. The number of fused-ring (bicyclic) bond motifs is 1. The molecule has 1 N–H and O–H groups in total. The Balaban J connectivity index is 1.65. The molecular weight excluding hydrogens is 352 g/mol. The molecule has 2 amide bonds. The first-order valence-corrected chi connectivity index (χ1v) is 9.16. The normalized spacial score (nSPS) is 14.9.